The van der Waals surface area contributed by atoms with Gasteiger partial charge in [0.25, 0.3) is 0 Å². The molecule has 68 heavy (non-hydrogen) atoms. The van der Waals surface area contributed by atoms with Crippen molar-refractivity contribution < 1.29 is 28.6 Å². The first-order valence-corrected chi connectivity index (χ1v) is 30.3. The highest BCUT2D eigenvalue weighted by Crippen LogP contribution is 2.17. The SMILES string of the molecule is CCCCC/C=C/C/C=C/CCCCCCCCCCCC(=O)OC[C@@H](COC(=O)CCCCCCCCCCCCCCCC)OC(=O)CCCCCCCCCCCCCCCCCCC. The summed E-state index contributed by atoms with van der Waals surface area (Å²) in [7, 11) is 0. The topological polar surface area (TPSA) is 78.9 Å². The molecule has 0 bridgehead atoms. The highest BCUT2D eigenvalue weighted by molar-refractivity contribution is 5.71. The van der Waals surface area contributed by atoms with Crippen LogP contribution in [0.1, 0.15) is 335 Å². The van der Waals surface area contributed by atoms with Crippen LogP contribution in [0.15, 0.2) is 24.3 Å². The molecule has 0 aromatic carbocycles. The number of unbranched alkanes of at least 4 members (excludes halogenated alkanes) is 41. The lowest BCUT2D eigenvalue weighted by Crippen LogP contribution is -2.30. The zero-order valence-corrected chi connectivity index (χ0v) is 45.9. The van der Waals surface area contributed by atoms with Crippen molar-refractivity contribution in [1.82, 2.24) is 0 Å². The Morgan fingerprint density at radius 2 is 0.529 bits per heavy atom. The van der Waals surface area contributed by atoms with Crippen molar-refractivity contribution in [3.63, 3.8) is 0 Å². The van der Waals surface area contributed by atoms with Crippen molar-refractivity contribution in [3.8, 4) is 0 Å². The van der Waals surface area contributed by atoms with E-state index in [0.717, 1.165) is 64.2 Å². The fourth-order valence-corrected chi connectivity index (χ4v) is 9.12. The second-order valence-corrected chi connectivity index (χ2v) is 20.6. The molecule has 0 saturated heterocycles. The second-order valence-electron chi connectivity index (χ2n) is 20.6. The molecule has 6 nitrogen and oxygen atoms in total. The summed E-state index contributed by atoms with van der Waals surface area (Å²) in [5.74, 6) is -0.845. The van der Waals surface area contributed by atoms with E-state index in [2.05, 4.69) is 45.1 Å². The van der Waals surface area contributed by atoms with E-state index in [1.165, 1.54) is 231 Å². The summed E-state index contributed by atoms with van der Waals surface area (Å²) in [6.45, 7) is 6.67. The third-order valence-electron chi connectivity index (χ3n) is 13.7. The largest absolute Gasteiger partial charge is 0.462 e. The van der Waals surface area contributed by atoms with Gasteiger partial charge in [0.05, 0.1) is 0 Å². The van der Waals surface area contributed by atoms with E-state index in [4.69, 9.17) is 14.2 Å². The smallest absolute Gasteiger partial charge is 0.306 e. The van der Waals surface area contributed by atoms with Gasteiger partial charge in [0.15, 0.2) is 6.10 Å². The highest BCUT2D eigenvalue weighted by atomic mass is 16.6. The van der Waals surface area contributed by atoms with Gasteiger partial charge in [-0.15, -0.1) is 0 Å². The molecule has 0 aromatic heterocycles. The Kier molecular flexibility index (Phi) is 55.7. The Hall–Kier alpha value is -2.11. The molecule has 0 fully saturated rings. The fourth-order valence-electron chi connectivity index (χ4n) is 9.12. The molecular weight excluding hydrogens is 841 g/mol. The third kappa shape index (κ3) is 54.8. The van der Waals surface area contributed by atoms with E-state index >= 15 is 0 Å². The van der Waals surface area contributed by atoms with Crippen molar-refractivity contribution >= 4 is 17.9 Å². The number of hydrogen-bond donors (Lipinski definition) is 0. The molecule has 0 aliphatic heterocycles. The van der Waals surface area contributed by atoms with E-state index in [0.29, 0.717) is 19.3 Å². The Labute approximate surface area is 423 Å². The quantitative estimate of drug-likeness (QED) is 0.0262. The van der Waals surface area contributed by atoms with Gasteiger partial charge in [0.1, 0.15) is 13.2 Å². The summed E-state index contributed by atoms with van der Waals surface area (Å²) in [6, 6.07) is 0. The molecule has 0 saturated carbocycles. The van der Waals surface area contributed by atoms with Crippen LogP contribution in [0.2, 0.25) is 0 Å². The Balaban J connectivity index is 4.31. The third-order valence-corrected chi connectivity index (χ3v) is 13.7. The normalized spacial score (nSPS) is 12.1. The number of rotatable bonds is 56. The molecule has 0 radical (unpaired) electrons. The monoisotopic (exact) mass is 957 g/mol. The van der Waals surface area contributed by atoms with Crippen LogP contribution in [-0.4, -0.2) is 37.2 Å². The summed E-state index contributed by atoms with van der Waals surface area (Å²) in [4.78, 5) is 38.2. The minimum absolute atomic E-state index is 0.0664. The first kappa shape index (κ1) is 65.9. The molecule has 400 valence electrons. The number of hydrogen-bond acceptors (Lipinski definition) is 6. The zero-order chi connectivity index (χ0) is 49.3. The van der Waals surface area contributed by atoms with Crippen molar-refractivity contribution in [2.75, 3.05) is 13.2 Å². The molecular formula is C62H116O6. The standard InChI is InChI=1S/C62H116O6/c1-4-7-10-13-16-19-22-25-28-30-31-33-34-37-40-43-46-49-52-55-61(64)67-58-59(57-66-60(63)54-51-48-45-42-39-36-27-24-21-18-15-12-9-6-3)68-62(65)56-53-50-47-44-41-38-35-32-29-26-23-20-17-14-11-8-5-2/h16,19,25,28,59H,4-15,17-18,20-24,26-27,29-58H2,1-3H3/b19-16+,28-25+/t59-/m1/s1. The van der Waals surface area contributed by atoms with Gasteiger partial charge in [-0.05, 0) is 51.4 Å². The van der Waals surface area contributed by atoms with Crippen molar-refractivity contribution in [1.29, 1.82) is 0 Å². The fraction of sp³-hybridized carbons (Fsp3) is 0.887. The zero-order valence-electron chi connectivity index (χ0n) is 45.9. The van der Waals surface area contributed by atoms with Gasteiger partial charge >= 0.3 is 17.9 Å². The maximum absolute atomic E-state index is 12.9. The minimum atomic E-state index is -0.768. The maximum atomic E-state index is 12.9. The molecule has 0 amide bonds. The lowest BCUT2D eigenvalue weighted by molar-refractivity contribution is -0.167. The molecule has 0 aromatic rings. The Morgan fingerprint density at radius 3 is 0.838 bits per heavy atom. The van der Waals surface area contributed by atoms with Gasteiger partial charge in [0.2, 0.25) is 0 Å². The number of carbonyl (C=O) groups is 3. The van der Waals surface area contributed by atoms with E-state index in [-0.39, 0.29) is 31.1 Å². The molecule has 0 unspecified atom stereocenters. The number of allylic oxidation sites excluding steroid dienone is 4. The predicted molar refractivity (Wildman–Crippen MR) is 293 cm³/mol. The molecule has 0 heterocycles. The van der Waals surface area contributed by atoms with Crippen molar-refractivity contribution in [2.24, 2.45) is 0 Å². The highest BCUT2D eigenvalue weighted by Gasteiger charge is 2.19. The minimum Gasteiger partial charge on any atom is -0.462 e. The maximum Gasteiger partial charge on any atom is 0.306 e. The lowest BCUT2D eigenvalue weighted by Gasteiger charge is -2.18. The van der Waals surface area contributed by atoms with Gasteiger partial charge in [-0.2, -0.15) is 0 Å². The molecule has 0 N–H and O–H groups in total. The summed E-state index contributed by atoms with van der Waals surface area (Å²) in [5.41, 5.74) is 0. The predicted octanol–water partition coefficient (Wildman–Crippen LogP) is 20.3. The molecule has 0 spiro atoms. The molecule has 0 aliphatic rings. The lowest BCUT2D eigenvalue weighted by atomic mass is 10.0. The van der Waals surface area contributed by atoms with Gasteiger partial charge in [0, 0.05) is 19.3 Å². The van der Waals surface area contributed by atoms with Gasteiger partial charge in [-0.3, -0.25) is 14.4 Å². The molecule has 6 heteroatoms. The summed E-state index contributed by atoms with van der Waals surface area (Å²) in [6.07, 6.45) is 67.4. The van der Waals surface area contributed by atoms with E-state index in [9.17, 15) is 14.4 Å². The summed E-state index contributed by atoms with van der Waals surface area (Å²) in [5, 5.41) is 0. The Morgan fingerprint density at radius 1 is 0.294 bits per heavy atom. The average molecular weight is 958 g/mol. The molecule has 0 rings (SSSR count). The second kappa shape index (κ2) is 57.5. The van der Waals surface area contributed by atoms with Gasteiger partial charge < -0.3 is 14.2 Å². The van der Waals surface area contributed by atoms with Crippen LogP contribution in [0.5, 0.6) is 0 Å². The number of carbonyl (C=O) groups excluding carboxylic acids is 3. The van der Waals surface area contributed by atoms with E-state index in [1.807, 2.05) is 0 Å². The first-order chi connectivity index (χ1) is 33.5. The van der Waals surface area contributed by atoms with Gasteiger partial charge in [-0.1, -0.05) is 289 Å². The van der Waals surface area contributed by atoms with E-state index < -0.39 is 6.10 Å². The Bertz CT molecular complexity index is 1100. The van der Waals surface area contributed by atoms with E-state index in [1.54, 1.807) is 0 Å². The van der Waals surface area contributed by atoms with Crippen LogP contribution < -0.4 is 0 Å². The van der Waals surface area contributed by atoms with Crippen LogP contribution in [0, 0.1) is 0 Å². The van der Waals surface area contributed by atoms with Crippen molar-refractivity contribution in [2.45, 2.75) is 341 Å². The summed E-state index contributed by atoms with van der Waals surface area (Å²) >= 11 is 0. The molecule has 1 atom stereocenters. The van der Waals surface area contributed by atoms with Crippen LogP contribution >= 0.6 is 0 Å². The molecule has 0 aliphatic carbocycles. The van der Waals surface area contributed by atoms with Gasteiger partial charge in [-0.25, -0.2) is 0 Å². The average Bonchev–Trinajstić information content (AvgIpc) is 3.34. The van der Waals surface area contributed by atoms with Crippen molar-refractivity contribution in [3.05, 3.63) is 24.3 Å². The number of esters is 3. The van der Waals surface area contributed by atoms with Crippen LogP contribution in [0.25, 0.3) is 0 Å². The first-order valence-electron chi connectivity index (χ1n) is 30.3. The van der Waals surface area contributed by atoms with Crippen LogP contribution in [-0.2, 0) is 28.6 Å². The van der Waals surface area contributed by atoms with Crippen LogP contribution in [0.3, 0.4) is 0 Å². The number of ether oxygens (including phenoxy) is 3. The van der Waals surface area contributed by atoms with Crippen LogP contribution in [0.4, 0.5) is 0 Å². The summed E-state index contributed by atoms with van der Waals surface area (Å²) < 4.78 is 16.9.